The van der Waals surface area contributed by atoms with E-state index in [-0.39, 0.29) is 5.82 Å². The summed E-state index contributed by atoms with van der Waals surface area (Å²) in [5.41, 5.74) is 1.06. The average molecular weight is 215 g/mol. The lowest BCUT2D eigenvalue weighted by Gasteiger charge is -1.97. The number of benzene rings is 1. The van der Waals surface area contributed by atoms with Crippen molar-refractivity contribution >= 4 is 33.0 Å². The summed E-state index contributed by atoms with van der Waals surface area (Å²) in [6, 6.07) is 3.18. The molecule has 0 spiro atoms. The van der Waals surface area contributed by atoms with E-state index in [1.807, 2.05) is 18.4 Å². The SMILES string of the molecule is CCc1csc2cc(Cl)cc(F)c12. The van der Waals surface area contributed by atoms with Gasteiger partial charge in [-0.3, -0.25) is 0 Å². The molecule has 0 aliphatic heterocycles. The molecule has 0 saturated heterocycles. The molecule has 0 atom stereocenters. The van der Waals surface area contributed by atoms with Gasteiger partial charge in [-0.1, -0.05) is 18.5 Å². The molecule has 0 N–H and O–H groups in total. The van der Waals surface area contributed by atoms with Crippen LogP contribution in [0.15, 0.2) is 17.5 Å². The molecule has 2 aromatic rings. The van der Waals surface area contributed by atoms with Crippen LogP contribution in [0.2, 0.25) is 5.02 Å². The topological polar surface area (TPSA) is 0 Å². The van der Waals surface area contributed by atoms with Crippen molar-refractivity contribution < 1.29 is 4.39 Å². The lowest BCUT2D eigenvalue weighted by Crippen LogP contribution is -1.81. The summed E-state index contributed by atoms with van der Waals surface area (Å²) >= 11 is 7.29. The van der Waals surface area contributed by atoms with Crippen molar-refractivity contribution in [2.75, 3.05) is 0 Å². The third-order valence-electron chi connectivity index (χ3n) is 2.05. The maximum atomic E-state index is 13.5. The monoisotopic (exact) mass is 214 g/mol. The average Bonchev–Trinajstić information content (AvgIpc) is 2.47. The molecule has 0 saturated carbocycles. The molecule has 0 fully saturated rings. The van der Waals surface area contributed by atoms with E-state index >= 15 is 0 Å². The van der Waals surface area contributed by atoms with Crippen LogP contribution in [0.5, 0.6) is 0 Å². The van der Waals surface area contributed by atoms with E-state index in [2.05, 4.69) is 0 Å². The minimum Gasteiger partial charge on any atom is -0.206 e. The number of hydrogen-bond donors (Lipinski definition) is 0. The van der Waals surface area contributed by atoms with Crippen LogP contribution in [0.3, 0.4) is 0 Å². The van der Waals surface area contributed by atoms with E-state index in [1.165, 1.54) is 6.07 Å². The van der Waals surface area contributed by atoms with Gasteiger partial charge in [-0.15, -0.1) is 11.3 Å². The Morgan fingerprint density at radius 2 is 2.23 bits per heavy atom. The molecule has 0 bridgehead atoms. The first kappa shape index (κ1) is 8.97. The molecule has 2 rings (SSSR count). The van der Waals surface area contributed by atoms with Crippen LogP contribution in [-0.4, -0.2) is 0 Å². The van der Waals surface area contributed by atoms with Gasteiger partial charge >= 0.3 is 0 Å². The van der Waals surface area contributed by atoms with Gasteiger partial charge in [-0.25, -0.2) is 4.39 Å². The van der Waals surface area contributed by atoms with Crippen molar-refractivity contribution in [2.45, 2.75) is 13.3 Å². The lowest BCUT2D eigenvalue weighted by molar-refractivity contribution is 0.639. The molecule has 1 aromatic heterocycles. The number of halogens is 2. The van der Waals surface area contributed by atoms with Gasteiger partial charge in [0.15, 0.2) is 0 Å². The van der Waals surface area contributed by atoms with Crippen molar-refractivity contribution in [3.05, 3.63) is 33.9 Å². The van der Waals surface area contributed by atoms with E-state index < -0.39 is 0 Å². The Morgan fingerprint density at radius 1 is 1.46 bits per heavy atom. The number of fused-ring (bicyclic) bond motifs is 1. The van der Waals surface area contributed by atoms with Gasteiger partial charge in [-0.2, -0.15) is 0 Å². The summed E-state index contributed by atoms with van der Waals surface area (Å²) in [4.78, 5) is 0. The summed E-state index contributed by atoms with van der Waals surface area (Å²) in [5.74, 6) is -0.208. The molecular weight excluding hydrogens is 207 g/mol. The minimum atomic E-state index is -0.208. The smallest absolute Gasteiger partial charge is 0.133 e. The van der Waals surface area contributed by atoms with Gasteiger partial charge in [0, 0.05) is 15.1 Å². The van der Waals surface area contributed by atoms with Gasteiger partial charge < -0.3 is 0 Å². The molecule has 68 valence electrons. The molecule has 0 nitrogen and oxygen atoms in total. The van der Waals surface area contributed by atoms with Gasteiger partial charge in [0.05, 0.1) is 0 Å². The molecule has 0 aliphatic rings. The van der Waals surface area contributed by atoms with Crippen LogP contribution in [0.25, 0.3) is 10.1 Å². The van der Waals surface area contributed by atoms with Crippen molar-refractivity contribution in [2.24, 2.45) is 0 Å². The Hall–Kier alpha value is -0.600. The first-order valence-electron chi connectivity index (χ1n) is 4.07. The normalized spacial score (nSPS) is 11.0. The Kier molecular flexibility index (Phi) is 2.26. The summed E-state index contributed by atoms with van der Waals surface area (Å²) in [5, 5.41) is 3.19. The Balaban J connectivity index is 2.82. The zero-order valence-electron chi connectivity index (χ0n) is 7.10. The first-order chi connectivity index (χ1) is 6.22. The third kappa shape index (κ3) is 1.45. The highest BCUT2D eigenvalue weighted by Crippen LogP contribution is 2.31. The van der Waals surface area contributed by atoms with Crippen molar-refractivity contribution in [3.63, 3.8) is 0 Å². The zero-order valence-corrected chi connectivity index (χ0v) is 8.68. The fourth-order valence-corrected chi connectivity index (χ4v) is 2.77. The molecule has 0 aliphatic carbocycles. The number of thiophene rings is 1. The molecule has 0 radical (unpaired) electrons. The van der Waals surface area contributed by atoms with E-state index in [9.17, 15) is 4.39 Å². The Morgan fingerprint density at radius 3 is 2.92 bits per heavy atom. The molecule has 3 heteroatoms. The maximum Gasteiger partial charge on any atom is 0.133 e. The summed E-state index contributed by atoms with van der Waals surface area (Å²) in [7, 11) is 0. The molecule has 1 aromatic carbocycles. The fourth-order valence-electron chi connectivity index (χ4n) is 1.41. The highest BCUT2D eigenvalue weighted by atomic mass is 35.5. The molecular formula is C10H8ClFS. The van der Waals surface area contributed by atoms with Crippen LogP contribution in [-0.2, 0) is 6.42 Å². The number of aryl methyl sites for hydroxylation is 1. The van der Waals surface area contributed by atoms with Crippen LogP contribution in [0, 0.1) is 5.82 Å². The largest absolute Gasteiger partial charge is 0.206 e. The fraction of sp³-hybridized carbons (Fsp3) is 0.200. The predicted octanol–water partition coefficient (Wildman–Crippen LogP) is 4.26. The second kappa shape index (κ2) is 3.28. The lowest BCUT2D eigenvalue weighted by atomic mass is 10.1. The molecule has 13 heavy (non-hydrogen) atoms. The van der Waals surface area contributed by atoms with Crippen molar-refractivity contribution in [3.8, 4) is 0 Å². The second-order valence-corrected chi connectivity index (χ2v) is 4.22. The summed E-state index contributed by atoms with van der Waals surface area (Å²) in [6.45, 7) is 2.02. The van der Waals surface area contributed by atoms with Crippen LogP contribution in [0.4, 0.5) is 4.39 Å². The minimum absolute atomic E-state index is 0.208. The van der Waals surface area contributed by atoms with E-state index in [0.29, 0.717) is 5.02 Å². The second-order valence-electron chi connectivity index (χ2n) is 2.88. The van der Waals surface area contributed by atoms with Gasteiger partial charge in [0.1, 0.15) is 5.82 Å². The van der Waals surface area contributed by atoms with Crippen LogP contribution >= 0.6 is 22.9 Å². The van der Waals surface area contributed by atoms with Crippen LogP contribution < -0.4 is 0 Å². The Bertz CT molecular complexity index is 447. The van der Waals surface area contributed by atoms with Gasteiger partial charge in [-0.05, 0) is 29.5 Å². The maximum absolute atomic E-state index is 13.5. The van der Waals surface area contributed by atoms with Gasteiger partial charge in [0.2, 0.25) is 0 Å². The molecule has 0 amide bonds. The number of rotatable bonds is 1. The van der Waals surface area contributed by atoms with Gasteiger partial charge in [0.25, 0.3) is 0 Å². The third-order valence-corrected chi connectivity index (χ3v) is 3.25. The summed E-state index contributed by atoms with van der Waals surface area (Å²) in [6.07, 6.45) is 0.860. The Labute approximate surface area is 85.0 Å². The standard InChI is InChI=1S/C10H8ClFS/c1-2-6-5-13-9-4-7(11)3-8(12)10(6)9/h3-5H,2H2,1H3. The highest BCUT2D eigenvalue weighted by Gasteiger charge is 2.08. The summed E-state index contributed by atoms with van der Waals surface area (Å²) < 4.78 is 14.4. The predicted molar refractivity (Wildman–Crippen MR) is 56.2 cm³/mol. The zero-order chi connectivity index (χ0) is 9.42. The molecule has 0 unspecified atom stereocenters. The van der Waals surface area contributed by atoms with Crippen molar-refractivity contribution in [1.29, 1.82) is 0 Å². The van der Waals surface area contributed by atoms with Crippen LogP contribution in [0.1, 0.15) is 12.5 Å². The van der Waals surface area contributed by atoms with E-state index in [1.54, 1.807) is 11.3 Å². The van der Waals surface area contributed by atoms with Crippen molar-refractivity contribution in [1.82, 2.24) is 0 Å². The first-order valence-corrected chi connectivity index (χ1v) is 5.33. The number of hydrogen-bond acceptors (Lipinski definition) is 1. The van der Waals surface area contributed by atoms with E-state index in [4.69, 9.17) is 11.6 Å². The quantitative estimate of drug-likeness (QED) is 0.666. The molecule has 1 heterocycles. The van der Waals surface area contributed by atoms with E-state index in [0.717, 1.165) is 22.1 Å². The highest BCUT2D eigenvalue weighted by molar-refractivity contribution is 7.17.